The van der Waals surface area contributed by atoms with E-state index in [1.54, 1.807) is 0 Å². The maximum absolute atomic E-state index is 13.5. The number of ether oxygens (including phenoxy) is 8. The van der Waals surface area contributed by atoms with Crippen LogP contribution >= 0.6 is 0 Å². The molecule has 0 aliphatic carbocycles. The highest BCUT2D eigenvalue weighted by atomic mass is 19.4. The Morgan fingerprint density at radius 1 is 0.755 bits per heavy atom. The number of alkyl halides is 12. The van der Waals surface area contributed by atoms with E-state index in [-0.39, 0.29) is 18.8 Å². The van der Waals surface area contributed by atoms with Gasteiger partial charge in [0.1, 0.15) is 12.0 Å². The van der Waals surface area contributed by atoms with Crippen LogP contribution in [0.2, 0.25) is 0 Å². The fourth-order valence-corrected chi connectivity index (χ4v) is 6.20. The van der Waals surface area contributed by atoms with Gasteiger partial charge in [0.15, 0.2) is 30.1 Å². The summed E-state index contributed by atoms with van der Waals surface area (Å²) in [6, 6.07) is 0. The molecular weight excluding hydrogens is 764 g/mol. The molecule has 3 heterocycles. The van der Waals surface area contributed by atoms with Crippen molar-refractivity contribution in [1.82, 2.24) is 0 Å². The maximum atomic E-state index is 13.5. The van der Waals surface area contributed by atoms with Gasteiger partial charge < -0.3 is 37.9 Å². The second kappa shape index (κ2) is 15.5. The highest BCUT2D eigenvalue weighted by Crippen LogP contribution is 2.49. The molecule has 3 aliphatic rings. The molecule has 3 rings (SSSR count). The lowest BCUT2D eigenvalue weighted by molar-refractivity contribution is -0.387. The number of fused-ring (bicyclic) bond motifs is 3. The normalized spacial score (nSPS) is 28.5. The van der Waals surface area contributed by atoms with Crippen LogP contribution in [0.4, 0.5) is 52.7 Å². The topological polar surface area (TPSA) is 125 Å². The molecule has 0 radical (unpaired) electrons. The molecule has 0 saturated carbocycles. The smallest absolute Gasteiger partial charge is 0.434 e. The second-order valence-corrected chi connectivity index (χ2v) is 14.0. The Hall–Kier alpha value is -2.63. The minimum Gasteiger partial charge on any atom is -0.454 e. The summed E-state index contributed by atoms with van der Waals surface area (Å²) >= 11 is 0. The molecule has 3 saturated heterocycles. The molecule has 23 heteroatoms. The van der Waals surface area contributed by atoms with Crippen molar-refractivity contribution in [2.24, 2.45) is 23.7 Å². The minimum atomic E-state index is -6.36. The van der Waals surface area contributed by atoms with E-state index in [4.69, 9.17) is 23.7 Å². The average Bonchev–Trinajstić information content (AvgIpc) is 3.56. The second-order valence-electron chi connectivity index (χ2n) is 14.0. The van der Waals surface area contributed by atoms with Crippen LogP contribution in [-0.4, -0.2) is 104 Å². The van der Waals surface area contributed by atoms with Crippen molar-refractivity contribution >= 4 is 17.9 Å². The molecule has 8 atom stereocenters. The van der Waals surface area contributed by atoms with E-state index >= 15 is 0 Å². The van der Waals surface area contributed by atoms with Crippen LogP contribution in [0.25, 0.3) is 0 Å². The third-order valence-corrected chi connectivity index (χ3v) is 8.50. The number of carbonyl (C=O) groups excluding carboxylic acids is 3. The van der Waals surface area contributed by atoms with Crippen molar-refractivity contribution in [3.8, 4) is 0 Å². The molecule has 0 amide bonds. The first-order valence-corrected chi connectivity index (χ1v) is 15.9. The van der Waals surface area contributed by atoms with Gasteiger partial charge in [-0.1, -0.05) is 27.7 Å². The first-order chi connectivity index (χ1) is 23.8. The van der Waals surface area contributed by atoms with Crippen LogP contribution in [0.1, 0.15) is 60.8 Å². The van der Waals surface area contributed by atoms with Crippen LogP contribution in [0.15, 0.2) is 0 Å². The standard InChI is InChI=1S/C30H38F12O11/c1-11(2)8-13(9-12(3)4)19(43)48-17-15-16(47-21(17)45)18-22(49-15)52-25(5,51-18)10-14(20(44)50-23(27(31,32)33)28(34,35)36)26(6,46-7)53-24(29(37,38)39)30(40,41)42/h11-18,22-24H,8-10H2,1-7H3. The molecular formula is C30H38F12O11. The van der Waals surface area contributed by atoms with E-state index in [2.05, 4.69) is 14.2 Å². The molecule has 0 aromatic rings. The minimum absolute atomic E-state index is 0.0586. The van der Waals surface area contributed by atoms with Gasteiger partial charge in [0.2, 0.25) is 6.10 Å². The quantitative estimate of drug-likeness (QED) is 0.0851. The number of hydrogen-bond acceptors (Lipinski definition) is 11. The molecule has 0 bridgehead atoms. The first kappa shape index (κ1) is 44.8. The monoisotopic (exact) mass is 802 g/mol. The summed E-state index contributed by atoms with van der Waals surface area (Å²) in [5.74, 6) is -14.2. The molecule has 3 fully saturated rings. The predicted molar refractivity (Wildman–Crippen MR) is 148 cm³/mol. The Morgan fingerprint density at radius 2 is 1.25 bits per heavy atom. The largest absolute Gasteiger partial charge is 0.454 e. The summed E-state index contributed by atoms with van der Waals surface area (Å²) in [4.78, 5) is 38.9. The van der Waals surface area contributed by atoms with Crippen molar-refractivity contribution in [3.05, 3.63) is 0 Å². The van der Waals surface area contributed by atoms with E-state index < -0.39 is 115 Å². The third kappa shape index (κ3) is 10.6. The van der Waals surface area contributed by atoms with E-state index in [9.17, 15) is 67.1 Å². The third-order valence-electron chi connectivity index (χ3n) is 8.50. The molecule has 0 aromatic carbocycles. The summed E-state index contributed by atoms with van der Waals surface area (Å²) in [6.45, 7) is 8.47. The van der Waals surface area contributed by atoms with Gasteiger partial charge in [0.25, 0.3) is 12.2 Å². The summed E-state index contributed by atoms with van der Waals surface area (Å²) in [6.07, 6.45) is -43.4. The molecule has 53 heavy (non-hydrogen) atoms. The Kier molecular flexibility index (Phi) is 13.1. The van der Waals surface area contributed by atoms with Crippen molar-refractivity contribution in [1.29, 1.82) is 0 Å². The van der Waals surface area contributed by atoms with Gasteiger partial charge >= 0.3 is 42.6 Å². The number of hydrogen-bond donors (Lipinski definition) is 0. The van der Waals surface area contributed by atoms with E-state index in [1.165, 1.54) is 0 Å². The number of methoxy groups -OCH3 is 1. The Labute approximate surface area is 294 Å². The van der Waals surface area contributed by atoms with E-state index in [1.807, 2.05) is 27.7 Å². The Balaban J connectivity index is 1.92. The van der Waals surface area contributed by atoms with E-state index in [0.717, 1.165) is 6.92 Å². The zero-order valence-corrected chi connectivity index (χ0v) is 29.0. The highest BCUT2D eigenvalue weighted by Gasteiger charge is 2.68. The van der Waals surface area contributed by atoms with Crippen LogP contribution < -0.4 is 0 Å². The first-order valence-electron chi connectivity index (χ1n) is 15.9. The highest BCUT2D eigenvalue weighted by molar-refractivity contribution is 5.83. The van der Waals surface area contributed by atoms with Crippen molar-refractivity contribution in [3.63, 3.8) is 0 Å². The van der Waals surface area contributed by atoms with Crippen molar-refractivity contribution < 1.29 is 105 Å². The molecule has 0 aromatic heterocycles. The van der Waals surface area contributed by atoms with E-state index in [0.29, 0.717) is 20.0 Å². The zero-order chi connectivity index (χ0) is 40.9. The van der Waals surface area contributed by atoms with Gasteiger partial charge in [-0.25, -0.2) is 4.79 Å². The number of halogens is 12. The van der Waals surface area contributed by atoms with Crippen molar-refractivity contribution in [2.75, 3.05) is 7.11 Å². The zero-order valence-electron chi connectivity index (χ0n) is 29.0. The molecule has 8 unspecified atom stereocenters. The maximum Gasteiger partial charge on any atom is 0.434 e. The lowest BCUT2D eigenvalue weighted by Crippen LogP contribution is -2.57. The van der Waals surface area contributed by atoms with Crippen molar-refractivity contribution in [2.45, 2.75) is 140 Å². The van der Waals surface area contributed by atoms with Crippen LogP contribution in [0, 0.1) is 23.7 Å². The van der Waals surface area contributed by atoms with Crippen LogP contribution in [-0.2, 0) is 52.3 Å². The summed E-state index contributed by atoms with van der Waals surface area (Å²) in [7, 11) is 0.350. The predicted octanol–water partition coefficient (Wildman–Crippen LogP) is 6.30. The molecule has 3 aliphatic heterocycles. The van der Waals surface area contributed by atoms with Crippen LogP contribution in [0.3, 0.4) is 0 Å². The molecule has 0 spiro atoms. The fraction of sp³-hybridized carbons (Fsp3) is 0.900. The number of rotatable bonds is 14. The van der Waals surface area contributed by atoms with Gasteiger partial charge in [-0.15, -0.1) is 0 Å². The Morgan fingerprint density at radius 3 is 1.68 bits per heavy atom. The molecule has 0 N–H and O–H groups in total. The van der Waals surface area contributed by atoms with Gasteiger partial charge in [0, 0.05) is 13.5 Å². The molecule has 11 nitrogen and oxygen atoms in total. The average molecular weight is 803 g/mol. The van der Waals surface area contributed by atoms with Gasteiger partial charge in [-0.3, -0.25) is 9.59 Å². The summed E-state index contributed by atoms with van der Waals surface area (Å²) < 4.78 is 201. The number of carbonyl (C=O) groups is 3. The molecule has 308 valence electrons. The lowest BCUT2D eigenvalue weighted by atomic mass is 9.89. The summed E-state index contributed by atoms with van der Waals surface area (Å²) in [5.41, 5.74) is 0. The Bertz CT molecular complexity index is 1280. The fourth-order valence-electron chi connectivity index (χ4n) is 6.20. The van der Waals surface area contributed by atoms with Gasteiger partial charge in [-0.05, 0) is 38.5 Å². The summed E-state index contributed by atoms with van der Waals surface area (Å²) in [5, 5.41) is 0. The SMILES string of the molecule is COC(C)(OC(C(F)(F)F)C(F)(F)F)C(CC1(C)OC2OC3C(OC(=O)C(CC(C)C)CC(C)C)C(=O)OC3C2O1)C(=O)OC(C(F)(F)F)C(F)(F)F. The van der Waals surface area contributed by atoms with Crippen LogP contribution in [0.5, 0.6) is 0 Å². The van der Waals surface area contributed by atoms with Gasteiger partial charge in [-0.2, -0.15) is 52.7 Å². The number of esters is 3. The van der Waals surface area contributed by atoms with Gasteiger partial charge in [0.05, 0.1) is 5.92 Å². The lowest BCUT2D eigenvalue weighted by Gasteiger charge is -2.41.